The Hall–Kier alpha value is -1.96. The van der Waals surface area contributed by atoms with Crippen molar-refractivity contribution in [2.75, 3.05) is 0 Å². The van der Waals surface area contributed by atoms with Gasteiger partial charge in [-0.25, -0.2) is 0 Å². The van der Waals surface area contributed by atoms with Crippen LogP contribution >= 0.6 is 0 Å². The van der Waals surface area contributed by atoms with Crippen molar-refractivity contribution in [3.05, 3.63) is 47.0 Å². The number of hydrogen-bond donors (Lipinski definition) is 2. The number of aryl methyl sites for hydroxylation is 3. The summed E-state index contributed by atoms with van der Waals surface area (Å²) in [5.41, 5.74) is 5.42. The van der Waals surface area contributed by atoms with Crippen LogP contribution in [0.15, 0.2) is 30.3 Å². The first kappa shape index (κ1) is 11.5. The highest BCUT2D eigenvalue weighted by atomic mass is 16.3. The molecule has 0 aliphatic rings. The van der Waals surface area contributed by atoms with Crippen LogP contribution in [-0.4, -0.2) is 10.2 Å². The first-order valence-electron chi connectivity index (χ1n) is 5.58. The number of benzene rings is 2. The van der Waals surface area contributed by atoms with E-state index in [9.17, 15) is 10.2 Å². The van der Waals surface area contributed by atoms with E-state index in [2.05, 4.69) is 19.1 Å². The Kier molecular flexibility index (Phi) is 2.80. The van der Waals surface area contributed by atoms with Crippen LogP contribution in [0, 0.1) is 20.8 Å². The fourth-order valence-electron chi connectivity index (χ4n) is 2.37. The van der Waals surface area contributed by atoms with Gasteiger partial charge in [-0.1, -0.05) is 17.7 Å². The lowest BCUT2D eigenvalue weighted by atomic mass is 9.93. The SMILES string of the molecule is Cc1cc(C)c(-c2cc(O)cc(O)c2)c(C)c1. The van der Waals surface area contributed by atoms with E-state index in [4.69, 9.17) is 0 Å². The molecule has 88 valence electrons. The first-order chi connectivity index (χ1) is 7.97. The van der Waals surface area contributed by atoms with Crippen molar-refractivity contribution < 1.29 is 10.2 Å². The summed E-state index contributed by atoms with van der Waals surface area (Å²) in [6.07, 6.45) is 0. The van der Waals surface area contributed by atoms with E-state index in [0.717, 1.165) is 22.3 Å². The number of aromatic hydroxyl groups is 2. The van der Waals surface area contributed by atoms with Gasteiger partial charge in [-0.2, -0.15) is 0 Å². The van der Waals surface area contributed by atoms with Crippen molar-refractivity contribution >= 4 is 0 Å². The summed E-state index contributed by atoms with van der Waals surface area (Å²) in [5.74, 6) is 0.166. The summed E-state index contributed by atoms with van der Waals surface area (Å²) in [4.78, 5) is 0. The second-order valence-corrected chi connectivity index (χ2v) is 4.51. The molecule has 0 spiro atoms. The molecular formula is C15H16O2. The van der Waals surface area contributed by atoms with Crippen LogP contribution in [0.3, 0.4) is 0 Å². The minimum absolute atomic E-state index is 0.0828. The van der Waals surface area contributed by atoms with Crippen molar-refractivity contribution in [1.29, 1.82) is 0 Å². The molecule has 0 heterocycles. The molecule has 0 bridgehead atoms. The summed E-state index contributed by atoms with van der Waals surface area (Å²) in [7, 11) is 0. The molecule has 0 aliphatic heterocycles. The third kappa shape index (κ3) is 2.26. The van der Waals surface area contributed by atoms with Gasteiger partial charge in [0.2, 0.25) is 0 Å². The maximum atomic E-state index is 9.53. The molecule has 2 nitrogen and oxygen atoms in total. The van der Waals surface area contributed by atoms with Crippen molar-refractivity contribution in [1.82, 2.24) is 0 Å². The van der Waals surface area contributed by atoms with Gasteiger partial charge >= 0.3 is 0 Å². The second-order valence-electron chi connectivity index (χ2n) is 4.51. The van der Waals surface area contributed by atoms with Gasteiger partial charge in [-0.05, 0) is 55.2 Å². The Morgan fingerprint density at radius 1 is 0.706 bits per heavy atom. The summed E-state index contributed by atoms with van der Waals surface area (Å²) in [5, 5.41) is 19.1. The van der Waals surface area contributed by atoms with Crippen LogP contribution in [0.25, 0.3) is 11.1 Å². The van der Waals surface area contributed by atoms with Crippen LogP contribution in [0.5, 0.6) is 11.5 Å². The Labute approximate surface area is 101 Å². The monoisotopic (exact) mass is 228 g/mol. The molecule has 2 rings (SSSR count). The molecule has 0 unspecified atom stereocenters. The highest BCUT2D eigenvalue weighted by molar-refractivity contribution is 5.73. The lowest BCUT2D eigenvalue weighted by Gasteiger charge is -2.12. The fourth-order valence-corrected chi connectivity index (χ4v) is 2.37. The predicted octanol–water partition coefficient (Wildman–Crippen LogP) is 3.69. The van der Waals surface area contributed by atoms with E-state index in [1.54, 1.807) is 12.1 Å². The number of hydrogen-bond acceptors (Lipinski definition) is 2. The average molecular weight is 228 g/mol. The maximum Gasteiger partial charge on any atom is 0.119 e. The summed E-state index contributed by atoms with van der Waals surface area (Å²) >= 11 is 0. The molecule has 2 aromatic carbocycles. The minimum Gasteiger partial charge on any atom is -0.508 e. The zero-order chi connectivity index (χ0) is 12.6. The zero-order valence-corrected chi connectivity index (χ0v) is 10.3. The van der Waals surface area contributed by atoms with E-state index in [0.29, 0.717) is 0 Å². The van der Waals surface area contributed by atoms with E-state index in [1.165, 1.54) is 11.6 Å². The number of phenolic OH excluding ortho intramolecular Hbond substituents is 2. The quantitative estimate of drug-likeness (QED) is 0.781. The highest BCUT2D eigenvalue weighted by Gasteiger charge is 2.08. The molecule has 0 radical (unpaired) electrons. The second kappa shape index (κ2) is 4.13. The van der Waals surface area contributed by atoms with Crippen LogP contribution in [-0.2, 0) is 0 Å². The van der Waals surface area contributed by atoms with Crippen molar-refractivity contribution in [3.63, 3.8) is 0 Å². The van der Waals surface area contributed by atoms with Gasteiger partial charge in [0.15, 0.2) is 0 Å². The molecule has 0 saturated carbocycles. The average Bonchev–Trinajstić information content (AvgIpc) is 2.13. The van der Waals surface area contributed by atoms with Crippen molar-refractivity contribution in [2.24, 2.45) is 0 Å². The molecule has 0 saturated heterocycles. The summed E-state index contributed by atoms with van der Waals surface area (Å²) in [6.45, 7) is 6.14. The summed E-state index contributed by atoms with van der Waals surface area (Å²) in [6, 6.07) is 8.88. The molecule has 0 aliphatic carbocycles. The number of phenols is 2. The smallest absolute Gasteiger partial charge is 0.119 e. The zero-order valence-electron chi connectivity index (χ0n) is 10.3. The molecule has 2 heteroatoms. The van der Waals surface area contributed by atoms with E-state index >= 15 is 0 Å². The Morgan fingerprint density at radius 2 is 1.18 bits per heavy atom. The largest absolute Gasteiger partial charge is 0.508 e. The molecule has 17 heavy (non-hydrogen) atoms. The van der Waals surface area contributed by atoms with Crippen LogP contribution in [0.4, 0.5) is 0 Å². The first-order valence-corrected chi connectivity index (χ1v) is 5.58. The minimum atomic E-state index is 0.0828. The topological polar surface area (TPSA) is 40.5 Å². The Morgan fingerprint density at radius 3 is 1.65 bits per heavy atom. The van der Waals surface area contributed by atoms with Gasteiger partial charge in [0.05, 0.1) is 0 Å². The van der Waals surface area contributed by atoms with Gasteiger partial charge in [0, 0.05) is 6.07 Å². The van der Waals surface area contributed by atoms with Crippen LogP contribution < -0.4 is 0 Å². The molecule has 0 amide bonds. The molecular weight excluding hydrogens is 212 g/mol. The van der Waals surface area contributed by atoms with Gasteiger partial charge in [0.1, 0.15) is 11.5 Å². The molecule has 0 atom stereocenters. The van der Waals surface area contributed by atoms with Crippen LogP contribution in [0.2, 0.25) is 0 Å². The van der Waals surface area contributed by atoms with E-state index in [1.807, 2.05) is 13.8 Å². The third-order valence-electron chi connectivity index (χ3n) is 2.87. The molecule has 0 aromatic heterocycles. The summed E-state index contributed by atoms with van der Waals surface area (Å²) < 4.78 is 0. The predicted molar refractivity (Wildman–Crippen MR) is 69.4 cm³/mol. The molecule has 2 N–H and O–H groups in total. The van der Waals surface area contributed by atoms with Crippen LogP contribution in [0.1, 0.15) is 16.7 Å². The molecule has 0 fully saturated rings. The standard InChI is InChI=1S/C15H16O2/c1-9-4-10(2)15(11(3)5-9)12-6-13(16)8-14(17)7-12/h4-8,16-17H,1-3H3. The van der Waals surface area contributed by atoms with Gasteiger partial charge in [-0.3, -0.25) is 0 Å². The van der Waals surface area contributed by atoms with E-state index in [-0.39, 0.29) is 11.5 Å². The van der Waals surface area contributed by atoms with E-state index < -0.39 is 0 Å². The molecule has 2 aromatic rings. The Balaban J connectivity index is 2.68. The third-order valence-corrected chi connectivity index (χ3v) is 2.87. The maximum absolute atomic E-state index is 9.53. The lowest BCUT2D eigenvalue weighted by molar-refractivity contribution is 0.451. The van der Waals surface area contributed by atoms with Crippen molar-refractivity contribution in [3.8, 4) is 22.6 Å². The Bertz CT molecular complexity index is 528. The highest BCUT2D eigenvalue weighted by Crippen LogP contribution is 2.33. The lowest BCUT2D eigenvalue weighted by Crippen LogP contribution is -1.90. The van der Waals surface area contributed by atoms with Gasteiger partial charge in [-0.15, -0.1) is 0 Å². The fraction of sp³-hybridized carbons (Fsp3) is 0.200. The van der Waals surface area contributed by atoms with Crippen molar-refractivity contribution in [2.45, 2.75) is 20.8 Å². The number of rotatable bonds is 1. The normalized spacial score (nSPS) is 10.5. The van der Waals surface area contributed by atoms with Gasteiger partial charge in [0.25, 0.3) is 0 Å². The van der Waals surface area contributed by atoms with Gasteiger partial charge < -0.3 is 10.2 Å².